The quantitative estimate of drug-likeness (QED) is 0.259. The minimum atomic E-state index is -4.76. The molecule has 0 aliphatic heterocycles. The van der Waals surface area contributed by atoms with Gasteiger partial charge in [-0.3, -0.25) is 9.52 Å². The fourth-order valence-electron chi connectivity index (χ4n) is 1.86. The number of benzene rings is 1. The first-order valence-corrected chi connectivity index (χ1v) is 9.79. The molecule has 1 N–H and O–H groups in total. The number of rotatable bonds is 7. The van der Waals surface area contributed by atoms with Gasteiger partial charge in [0.2, 0.25) is 0 Å². The zero-order chi connectivity index (χ0) is 20.7. The van der Waals surface area contributed by atoms with Gasteiger partial charge >= 0.3 is 45.8 Å². The maximum absolute atomic E-state index is 12.0. The Bertz CT molecular complexity index is 972. The van der Waals surface area contributed by atoms with Gasteiger partial charge in [0.05, 0.1) is 5.88 Å². The summed E-state index contributed by atoms with van der Waals surface area (Å²) in [5.74, 6) is -1.39. The van der Waals surface area contributed by atoms with Crippen LogP contribution in [0.5, 0.6) is 5.75 Å². The van der Waals surface area contributed by atoms with Crippen LogP contribution in [0.1, 0.15) is 16.1 Å². The number of aromatic nitrogens is 2. The van der Waals surface area contributed by atoms with E-state index in [1.54, 1.807) is 6.92 Å². The van der Waals surface area contributed by atoms with Crippen LogP contribution < -0.4 is 39.1 Å². The van der Waals surface area contributed by atoms with Crippen molar-refractivity contribution in [2.24, 2.45) is 0 Å². The average Bonchev–Trinajstić information content (AvgIpc) is 2.58. The van der Waals surface area contributed by atoms with Gasteiger partial charge < -0.3 is 14.2 Å². The van der Waals surface area contributed by atoms with Crippen LogP contribution >= 0.6 is 23.2 Å². The molecule has 0 spiro atoms. The van der Waals surface area contributed by atoms with Gasteiger partial charge in [-0.15, -0.1) is 11.6 Å². The van der Waals surface area contributed by atoms with E-state index in [0.717, 1.165) is 0 Å². The van der Waals surface area contributed by atoms with Crippen LogP contribution in [0.15, 0.2) is 30.3 Å². The van der Waals surface area contributed by atoms with Crippen LogP contribution in [-0.4, -0.2) is 42.9 Å². The SMILES string of the molecule is Cc1cc(Cl)nc(NC(=O)[N-]S(=O)(=O)Oc2ccccc2C(=O)OCCCl)n1.[Na+]. The molecule has 14 heteroatoms. The van der Waals surface area contributed by atoms with Crippen molar-refractivity contribution >= 4 is 51.5 Å². The van der Waals surface area contributed by atoms with Crippen molar-refractivity contribution in [3.05, 3.63) is 51.5 Å². The number of amides is 2. The number of para-hydroxylation sites is 1. The Morgan fingerprint density at radius 3 is 2.59 bits per heavy atom. The summed E-state index contributed by atoms with van der Waals surface area (Å²) in [7, 11) is -4.76. The largest absolute Gasteiger partial charge is 1.00 e. The molecular weight excluding hydrogens is 458 g/mol. The van der Waals surface area contributed by atoms with E-state index >= 15 is 0 Å². The van der Waals surface area contributed by atoms with Crippen molar-refractivity contribution in [1.82, 2.24) is 9.97 Å². The third-order valence-electron chi connectivity index (χ3n) is 2.85. The normalized spacial score (nSPS) is 10.4. The van der Waals surface area contributed by atoms with E-state index in [2.05, 4.69) is 20.0 Å². The molecule has 2 rings (SSSR count). The van der Waals surface area contributed by atoms with Crippen LogP contribution in [0.25, 0.3) is 4.72 Å². The number of nitrogens with one attached hydrogen (secondary N) is 1. The molecule has 0 fully saturated rings. The molecule has 0 aliphatic carbocycles. The maximum Gasteiger partial charge on any atom is 1.00 e. The number of alkyl halides is 1. The number of halogens is 2. The molecule has 1 aromatic carbocycles. The second-order valence-electron chi connectivity index (χ2n) is 5.01. The summed E-state index contributed by atoms with van der Waals surface area (Å²) in [6.45, 7) is 1.52. The Morgan fingerprint density at radius 2 is 1.93 bits per heavy atom. The van der Waals surface area contributed by atoms with Crippen LogP contribution in [0.3, 0.4) is 0 Å². The molecule has 1 heterocycles. The molecule has 150 valence electrons. The summed E-state index contributed by atoms with van der Waals surface area (Å²) in [6, 6.07) is 5.50. The van der Waals surface area contributed by atoms with Gasteiger partial charge in [0.1, 0.15) is 23.3 Å². The predicted octanol–water partition coefficient (Wildman–Crippen LogP) is 0.0674. The Hall–Kier alpha value is -1.63. The molecule has 0 atom stereocenters. The van der Waals surface area contributed by atoms with Crippen molar-refractivity contribution < 1.29 is 56.5 Å². The van der Waals surface area contributed by atoms with Crippen LogP contribution in [0, 0.1) is 6.92 Å². The van der Waals surface area contributed by atoms with Crippen molar-refractivity contribution in [2.45, 2.75) is 6.92 Å². The number of carbonyl (C=O) groups is 2. The van der Waals surface area contributed by atoms with Crippen molar-refractivity contribution in [1.29, 1.82) is 0 Å². The van der Waals surface area contributed by atoms with Crippen LogP contribution in [0.2, 0.25) is 5.15 Å². The van der Waals surface area contributed by atoms with Gasteiger partial charge in [-0.1, -0.05) is 23.7 Å². The maximum atomic E-state index is 12.0. The molecule has 2 amide bonds. The molecule has 0 saturated carbocycles. The fourth-order valence-corrected chi connectivity index (χ4v) is 2.83. The minimum absolute atomic E-state index is 0. The topological polar surface area (TPSA) is 139 Å². The first-order chi connectivity index (χ1) is 13.2. The standard InChI is InChI=1S/C15H14Cl2N4O6S.Na/c1-9-8-12(17)19-14(18-9)20-15(23)21-28(24,25)27-11-5-3-2-4-10(11)13(22)26-7-6-16;/h2-5,8H,6-7H2,1H3,(H2,18,19,20,21,23);/q;+1/p-1. The Labute approximate surface area is 198 Å². The van der Waals surface area contributed by atoms with E-state index in [0.29, 0.717) is 5.69 Å². The van der Waals surface area contributed by atoms with Gasteiger partial charge in [0.15, 0.2) is 11.8 Å². The number of urea groups is 1. The molecular formula is C15H13Cl2N4NaO6S. The average molecular weight is 471 g/mol. The van der Waals surface area contributed by atoms with Gasteiger partial charge in [-0.2, -0.15) is 8.42 Å². The molecule has 0 aliphatic rings. The zero-order valence-electron chi connectivity index (χ0n) is 15.3. The fraction of sp³-hybridized carbons (Fsp3) is 0.200. The first-order valence-electron chi connectivity index (χ1n) is 7.52. The van der Waals surface area contributed by atoms with E-state index in [9.17, 15) is 18.0 Å². The molecule has 0 bridgehead atoms. The predicted molar refractivity (Wildman–Crippen MR) is 101 cm³/mol. The third kappa shape index (κ3) is 8.33. The molecule has 1 aromatic heterocycles. The van der Waals surface area contributed by atoms with Gasteiger partial charge in [-0.05, 0) is 25.1 Å². The van der Waals surface area contributed by atoms with Gasteiger partial charge in [0, 0.05) is 5.69 Å². The number of hydrogen-bond acceptors (Lipinski definition) is 8. The monoisotopic (exact) mass is 470 g/mol. The van der Waals surface area contributed by atoms with Crippen molar-refractivity contribution in [2.75, 3.05) is 17.8 Å². The van der Waals surface area contributed by atoms with E-state index in [1.165, 1.54) is 30.3 Å². The summed E-state index contributed by atoms with van der Waals surface area (Å²) in [4.78, 5) is 31.3. The molecule has 2 aromatic rings. The number of ether oxygens (including phenoxy) is 1. The number of hydrogen-bond donors (Lipinski definition) is 1. The third-order valence-corrected chi connectivity index (χ3v) is 3.98. The number of nitrogens with zero attached hydrogens (tertiary/aromatic N) is 3. The molecule has 0 unspecified atom stereocenters. The van der Waals surface area contributed by atoms with Gasteiger partial charge in [0.25, 0.3) is 0 Å². The Balaban J connectivity index is 0.00000420. The van der Waals surface area contributed by atoms with Crippen LogP contribution in [0.4, 0.5) is 10.7 Å². The molecule has 10 nitrogen and oxygen atoms in total. The number of anilines is 1. The van der Waals surface area contributed by atoms with E-state index in [-0.39, 0.29) is 64.5 Å². The van der Waals surface area contributed by atoms with E-state index in [4.69, 9.17) is 32.1 Å². The van der Waals surface area contributed by atoms with Crippen LogP contribution in [-0.2, 0) is 15.0 Å². The Kier molecular flexibility index (Phi) is 10.1. The zero-order valence-corrected chi connectivity index (χ0v) is 19.6. The summed E-state index contributed by atoms with van der Waals surface area (Å²) < 4.78 is 36.6. The number of carbonyl (C=O) groups excluding carboxylic acids is 2. The summed E-state index contributed by atoms with van der Waals surface area (Å²) >= 11 is 11.2. The summed E-state index contributed by atoms with van der Waals surface area (Å²) in [5.41, 5.74) is 0.263. The molecule has 0 saturated heterocycles. The second kappa shape index (κ2) is 11.5. The first kappa shape index (κ1) is 25.4. The summed E-state index contributed by atoms with van der Waals surface area (Å²) in [6.07, 6.45) is 0. The molecule has 0 radical (unpaired) electrons. The van der Waals surface area contributed by atoms with Crippen molar-refractivity contribution in [3.63, 3.8) is 0 Å². The molecule has 29 heavy (non-hydrogen) atoms. The van der Waals surface area contributed by atoms with Crippen molar-refractivity contribution in [3.8, 4) is 5.75 Å². The summed E-state index contributed by atoms with van der Waals surface area (Å²) in [5, 5.41) is 2.10. The Morgan fingerprint density at radius 1 is 1.24 bits per heavy atom. The van der Waals surface area contributed by atoms with E-state index in [1.807, 2.05) is 0 Å². The smallest absolute Gasteiger partial charge is 0.461 e. The number of aryl methyl sites for hydroxylation is 1. The number of esters is 1. The second-order valence-corrected chi connectivity index (χ2v) is 6.98. The van der Waals surface area contributed by atoms with E-state index < -0.39 is 22.3 Å². The minimum Gasteiger partial charge on any atom is -0.461 e. The van der Waals surface area contributed by atoms with Gasteiger partial charge in [-0.25, -0.2) is 14.8 Å².